The van der Waals surface area contributed by atoms with E-state index in [2.05, 4.69) is 4.98 Å². The fourth-order valence-electron chi connectivity index (χ4n) is 1.37. The number of nitrogens with zero attached hydrogens (tertiary/aromatic N) is 2. The Morgan fingerprint density at radius 2 is 2.19 bits per heavy atom. The second kappa shape index (κ2) is 4.12. The van der Waals surface area contributed by atoms with Crippen molar-refractivity contribution in [1.82, 2.24) is 9.88 Å². The Morgan fingerprint density at radius 3 is 2.75 bits per heavy atom. The second-order valence-corrected chi connectivity index (χ2v) is 4.38. The molecule has 0 atom stereocenters. The van der Waals surface area contributed by atoms with E-state index >= 15 is 0 Å². The van der Waals surface area contributed by atoms with Crippen LogP contribution in [0.5, 0.6) is 5.75 Å². The molecule has 0 bridgehead atoms. The van der Waals surface area contributed by atoms with Crippen molar-refractivity contribution in [2.75, 3.05) is 14.1 Å². The van der Waals surface area contributed by atoms with E-state index < -0.39 is 0 Å². The maximum atomic E-state index is 11.9. The minimum Gasteiger partial charge on any atom is -0.488 e. The van der Waals surface area contributed by atoms with Crippen LogP contribution in [0.3, 0.4) is 0 Å². The number of aryl methyl sites for hydroxylation is 1. The lowest BCUT2D eigenvalue weighted by Crippen LogP contribution is -2.23. The number of amides is 1. The van der Waals surface area contributed by atoms with Crippen molar-refractivity contribution in [3.63, 3.8) is 0 Å². The minimum absolute atomic E-state index is 0.115. The number of carbonyl (C=O) groups excluding carboxylic acids is 1. The second-order valence-electron chi connectivity index (χ2n) is 4.38. The summed E-state index contributed by atoms with van der Waals surface area (Å²) in [5, 5.41) is 0. The van der Waals surface area contributed by atoms with Crippen molar-refractivity contribution in [1.29, 1.82) is 0 Å². The summed E-state index contributed by atoms with van der Waals surface area (Å²) < 4.78 is 5.70. The third-order valence-electron chi connectivity index (χ3n) is 2.42. The molecule has 1 aliphatic carbocycles. The van der Waals surface area contributed by atoms with Crippen LogP contribution in [-0.2, 0) is 0 Å². The Hall–Kier alpha value is -1.58. The highest BCUT2D eigenvalue weighted by Crippen LogP contribution is 2.29. The van der Waals surface area contributed by atoms with Gasteiger partial charge in [0, 0.05) is 20.3 Å². The lowest BCUT2D eigenvalue weighted by atomic mass is 10.2. The van der Waals surface area contributed by atoms with Crippen molar-refractivity contribution < 1.29 is 9.53 Å². The summed E-state index contributed by atoms with van der Waals surface area (Å²) in [5.74, 6) is 0.497. The third-order valence-corrected chi connectivity index (χ3v) is 2.42. The van der Waals surface area contributed by atoms with Crippen LogP contribution in [0.25, 0.3) is 0 Å². The Labute approximate surface area is 95.2 Å². The number of pyridine rings is 1. The van der Waals surface area contributed by atoms with Crippen LogP contribution in [0.2, 0.25) is 0 Å². The molecule has 4 heteroatoms. The van der Waals surface area contributed by atoms with E-state index in [-0.39, 0.29) is 12.0 Å². The predicted octanol–water partition coefficient (Wildman–Crippen LogP) is 1.63. The van der Waals surface area contributed by atoms with Gasteiger partial charge in [-0.05, 0) is 31.4 Å². The first-order valence-corrected chi connectivity index (χ1v) is 5.43. The maximum absolute atomic E-state index is 11.9. The number of hydrogen-bond donors (Lipinski definition) is 0. The van der Waals surface area contributed by atoms with E-state index in [9.17, 15) is 4.79 Å². The van der Waals surface area contributed by atoms with Gasteiger partial charge in [-0.15, -0.1) is 0 Å². The number of hydrogen-bond acceptors (Lipinski definition) is 3. The van der Waals surface area contributed by atoms with Crippen molar-refractivity contribution >= 4 is 5.91 Å². The van der Waals surface area contributed by atoms with Crippen molar-refractivity contribution in [2.24, 2.45) is 0 Å². The summed E-state index contributed by atoms with van der Waals surface area (Å²) in [4.78, 5) is 17.5. The van der Waals surface area contributed by atoms with Crippen LogP contribution in [-0.4, -0.2) is 36.0 Å². The number of rotatable bonds is 3. The summed E-state index contributed by atoms with van der Waals surface area (Å²) in [7, 11) is 3.43. The van der Waals surface area contributed by atoms with E-state index in [1.807, 2.05) is 13.0 Å². The molecule has 1 heterocycles. The summed E-state index contributed by atoms with van der Waals surface area (Å²) in [6, 6.07) is 1.88. The van der Waals surface area contributed by atoms with Gasteiger partial charge < -0.3 is 9.64 Å². The first-order chi connectivity index (χ1) is 7.58. The van der Waals surface area contributed by atoms with E-state index in [0.717, 1.165) is 18.4 Å². The van der Waals surface area contributed by atoms with Gasteiger partial charge in [0.25, 0.3) is 5.91 Å². The van der Waals surface area contributed by atoms with Crippen molar-refractivity contribution in [2.45, 2.75) is 25.9 Å². The zero-order valence-corrected chi connectivity index (χ0v) is 9.86. The molecule has 0 aromatic carbocycles. The molecule has 1 saturated carbocycles. The molecule has 0 unspecified atom stereocenters. The first-order valence-electron chi connectivity index (χ1n) is 5.43. The Bertz CT molecular complexity index is 411. The average Bonchev–Trinajstić information content (AvgIpc) is 3.01. The number of carbonyl (C=O) groups is 1. The Balaban J connectivity index is 2.30. The summed E-state index contributed by atoms with van der Waals surface area (Å²) in [6.07, 6.45) is 4.11. The Kier molecular flexibility index (Phi) is 2.81. The molecular weight excluding hydrogens is 204 g/mol. The van der Waals surface area contributed by atoms with Crippen LogP contribution in [0.1, 0.15) is 28.9 Å². The molecule has 0 radical (unpaired) electrons. The molecular formula is C12H16N2O2. The summed E-state index contributed by atoms with van der Waals surface area (Å²) in [6.45, 7) is 1.94. The normalized spacial score (nSPS) is 14.7. The topological polar surface area (TPSA) is 42.4 Å². The number of aromatic nitrogens is 1. The van der Waals surface area contributed by atoms with Crippen molar-refractivity contribution in [3.8, 4) is 5.75 Å². The smallest absolute Gasteiger partial charge is 0.275 e. The molecule has 1 aromatic heterocycles. The molecule has 0 saturated heterocycles. The van der Waals surface area contributed by atoms with Crippen LogP contribution in [0.4, 0.5) is 0 Å². The van der Waals surface area contributed by atoms with E-state index in [1.54, 1.807) is 20.3 Å². The molecule has 0 aliphatic heterocycles. The monoisotopic (exact) mass is 220 g/mol. The first kappa shape index (κ1) is 10.9. The van der Waals surface area contributed by atoms with E-state index in [0.29, 0.717) is 11.4 Å². The largest absolute Gasteiger partial charge is 0.488 e. The molecule has 2 rings (SSSR count). The van der Waals surface area contributed by atoms with Crippen molar-refractivity contribution in [3.05, 3.63) is 23.5 Å². The van der Waals surface area contributed by atoms with E-state index in [4.69, 9.17) is 4.74 Å². The number of ether oxygens (including phenoxy) is 1. The zero-order valence-electron chi connectivity index (χ0n) is 9.86. The third kappa shape index (κ3) is 2.32. The molecule has 1 amide bonds. The highest BCUT2D eigenvalue weighted by Gasteiger charge is 2.26. The molecule has 16 heavy (non-hydrogen) atoms. The van der Waals surface area contributed by atoms with Gasteiger partial charge in [0.15, 0.2) is 11.4 Å². The Morgan fingerprint density at radius 1 is 1.50 bits per heavy atom. The quantitative estimate of drug-likeness (QED) is 0.777. The molecule has 1 aromatic rings. The van der Waals surface area contributed by atoms with Gasteiger partial charge in [0.05, 0.1) is 6.10 Å². The summed E-state index contributed by atoms with van der Waals surface area (Å²) >= 11 is 0. The lowest BCUT2D eigenvalue weighted by molar-refractivity contribution is 0.0816. The van der Waals surface area contributed by atoms with E-state index in [1.165, 1.54) is 4.90 Å². The zero-order chi connectivity index (χ0) is 11.7. The molecule has 86 valence electrons. The van der Waals surface area contributed by atoms with Crippen LogP contribution < -0.4 is 4.74 Å². The van der Waals surface area contributed by atoms with Crippen LogP contribution in [0, 0.1) is 6.92 Å². The van der Waals surface area contributed by atoms with Crippen LogP contribution >= 0.6 is 0 Å². The summed E-state index contributed by atoms with van der Waals surface area (Å²) in [5.41, 5.74) is 1.41. The maximum Gasteiger partial charge on any atom is 0.275 e. The lowest BCUT2D eigenvalue weighted by Gasteiger charge is -2.14. The minimum atomic E-state index is -0.115. The highest BCUT2D eigenvalue weighted by molar-refractivity contribution is 5.94. The van der Waals surface area contributed by atoms with Gasteiger partial charge in [0.1, 0.15) is 0 Å². The molecule has 0 spiro atoms. The average molecular weight is 220 g/mol. The SMILES string of the molecule is Cc1cnc(C(=O)N(C)C)c(OC2CC2)c1. The van der Waals surface area contributed by atoms with Gasteiger partial charge in [-0.1, -0.05) is 0 Å². The fourth-order valence-corrected chi connectivity index (χ4v) is 1.37. The standard InChI is InChI=1S/C12H16N2O2/c1-8-6-10(16-9-4-5-9)11(13-7-8)12(15)14(2)3/h6-7,9H,4-5H2,1-3H3. The van der Waals surface area contributed by atoms with Crippen LogP contribution in [0.15, 0.2) is 12.3 Å². The highest BCUT2D eigenvalue weighted by atomic mass is 16.5. The van der Waals surface area contributed by atoms with Gasteiger partial charge in [0.2, 0.25) is 0 Å². The fraction of sp³-hybridized carbons (Fsp3) is 0.500. The van der Waals surface area contributed by atoms with Gasteiger partial charge in [-0.3, -0.25) is 4.79 Å². The van der Waals surface area contributed by atoms with Gasteiger partial charge in [-0.2, -0.15) is 0 Å². The molecule has 4 nitrogen and oxygen atoms in total. The predicted molar refractivity (Wildman–Crippen MR) is 60.6 cm³/mol. The van der Waals surface area contributed by atoms with Gasteiger partial charge >= 0.3 is 0 Å². The molecule has 1 aliphatic rings. The molecule has 0 N–H and O–H groups in total. The van der Waals surface area contributed by atoms with Gasteiger partial charge in [-0.25, -0.2) is 4.98 Å². The molecule has 1 fully saturated rings.